The van der Waals surface area contributed by atoms with E-state index in [2.05, 4.69) is 0 Å². The van der Waals surface area contributed by atoms with E-state index < -0.39 is 11.8 Å². The first-order chi connectivity index (χ1) is 9.16. The average Bonchev–Trinajstić information content (AvgIpc) is 2.67. The van der Waals surface area contributed by atoms with Crippen molar-refractivity contribution in [3.05, 3.63) is 35.1 Å². The molecule has 1 aliphatic rings. The quantitative estimate of drug-likeness (QED) is 0.602. The molecule has 1 aliphatic carbocycles. The lowest BCUT2D eigenvalue weighted by molar-refractivity contribution is 0.0422. The zero-order chi connectivity index (χ0) is 13.7. The maximum absolute atomic E-state index is 13.5. The fourth-order valence-electron chi connectivity index (χ4n) is 2.60. The molecule has 2 nitrogen and oxygen atoms in total. The number of rotatable bonds is 3. The lowest BCUT2D eigenvalue weighted by Gasteiger charge is -2.14. The third-order valence-corrected chi connectivity index (χ3v) is 3.77. The number of halogens is 1. The Morgan fingerprint density at radius 1 is 1.26 bits per heavy atom. The molecule has 3 heteroatoms. The standard InChI is InChI=1S/C16H21FO2/c1-12-8-9-15(17)14(10-12)16(18)19-11-13-6-4-2-3-5-7-13/h8-10,13H,2-7,11H2,1H3. The highest BCUT2D eigenvalue weighted by Crippen LogP contribution is 2.23. The van der Waals surface area contributed by atoms with Gasteiger partial charge in [0.25, 0.3) is 0 Å². The van der Waals surface area contributed by atoms with E-state index >= 15 is 0 Å². The van der Waals surface area contributed by atoms with E-state index in [1.165, 1.54) is 31.7 Å². The molecular formula is C16H21FO2. The SMILES string of the molecule is Cc1ccc(F)c(C(=O)OCC2CCCCCC2)c1. The summed E-state index contributed by atoms with van der Waals surface area (Å²) in [4.78, 5) is 11.9. The number of hydrogen-bond acceptors (Lipinski definition) is 2. The molecular weight excluding hydrogens is 243 g/mol. The monoisotopic (exact) mass is 264 g/mol. The number of benzene rings is 1. The summed E-state index contributed by atoms with van der Waals surface area (Å²) in [5, 5.41) is 0. The molecule has 1 aromatic rings. The highest BCUT2D eigenvalue weighted by molar-refractivity contribution is 5.89. The van der Waals surface area contributed by atoms with Crippen LogP contribution in [0.25, 0.3) is 0 Å². The Labute approximate surface area is 114 Å². The molecule has 0 saturated heterocycles. The minimum absolute atomic E-state index is 0.0496. The molecule has 0 radical (unpaired) electrons. The van der Waals surface area contributed by atoms with Gasteiger partial charge in [-0.15, -0.1) is 0 Å². The molecule has 0 heterocycles. The second kappa shape index (κ2) is 6.69. The molecule has 104 valence electrons. The molecule has 0 amide bonds. The highest BCUT2D eigenvalue weighted by Gasteiger charge is 2.17. The second-order valence-electron chi connectivity index (χ2n) is 5.44. The highest BCUT2D eigenvalue weighted by atomic mass is 19.1. The average molecular weight is 264 g/mol. The number of hydrogen-bond donors (Lipinski definition) is 0. The topological polar surface area (TPSA) is 26.3 Å². The minimum atomic E-state index is -0.537. The second-order valence-corrected chi connectivity index (χ2v) is 5.44. The minimum Gasteiger partial charge on any atom is -0.462 e. The zero-order valence-corrected chi connectivity index (χ0v) is 11.5. The summed E-state index contributed by atoms with van der Waals surface area (Å²) in [7, 11) is 0. The Balaban J connectivity index is 1.91. The first-order valence-corrected chi connectivity index (χ1v) is 7.10. The van der Waals surface area contributed by atoms with Crippen molar-refractivity contribution < 1.29 is 13.9 Å². The maximum Gasteiger partial charge on any atom is 0.341 e. The van der Waals surface area contributed by atoms with Gasteiger partial charge in [0.15, 0.2) is 0 Å². The predicted molar refractivity (Wildman–Crippen MR) is 72.6 cm³/mol. The van der Waals surface area contributed by atoms with Crippen molar-refractivity contribution in [2.45, 2.75) is 45.4 Å². The lowest BCUT2D eigenvalue weighted by Crippen LogP contribution is -2.15. The Bertz CT molecular complexity index is 434. The molecule has 2 rings (SSSR count). The van der Waals surface area contributed by atoms with Crippen molar-refractivity contribution in [1.29, 1.82) is 0 Å². The molecule has 0 bridgehead atoms. The molecule has 0 aromatic heterocycles. The van der Waals surface area contributed by atoms with Crippen LogP contribution in [-0.2, 0) is 4.74 Å². The first-order valence-electron chi connectivity index (χ1n) is 7.10. The summed E-state index contributed by atoms with van der Waals surface area (Å²) in [6.07, 6.45) is 7.20. The zero-order valence-electron chi connectivity index (χ0n) is 11.5. The van der Waals surface area contributed by atoms with Crippen molar-refractivity contribution >= 4 is 5.97 Å². The number of aryl methyl sites for hydroxylation is 1. The van der Waals surface area contributed by atoms with E-state index in [1.807, 2.05) is 6.92 Å². The van der Waals surface area contributed by atoms with Crippen LogP contribution in [0.3, 0.4) is 0 Å². The van der Waals surface area contributed by atoms with Gasteiger partial charge in [-0.05, 0) is 37.8 Å². The molecule has 19 heavy (non-hydrogen) atoms. The first kappa shape index (κ1) is 14.0. The van der Waals surface area contributed by atoms with Crippen molar-refractivity contribution in [2.75, 3.05) is 6.61 Å². The van der Waals surface area contributed by atoms with Gasteiger partial charge < -0.3 is 4.74 Å². The van der Waals surface area contributed by atoms with E-state index in [4.69, 9.17) is 4.74 Å². The summed E-state index contributed by atoms with van der Waals surface area (Å²) in [5.41, 5.74) is 0.913. The van der Waals surface area contributed by atoms with Gasteiger partial charge in [0.1, 0.15) is 5.82 Å². The Kier molecular flexibility index (Phi) is 4.94. The normalized spacial score (nSPS) is 16.9. The lowest BCUT2D eigenvalue weighted by atomic mass is 10.0. The van der Waals surface area contributed by atoms with Crippen molar-refractivity contribution in [2.24, 2.45) is 5.92 Å². The molecule has 0 N–H and O–H groups in total. The van der Waals surface area contributed by atoms with Crippen LogP contribution in [0.1, 0.15) is 54.4 Å². The van der Waals surface area contributed by atoms with Gasteiger partial charge in [-0.1, -0.05) is 37.3 Å². The van der Waals surface area contributed by atoms with Gasteiger partial charge in [-0.3, -0.25) is 0 Å². The Morgan fingerprint density at radius 2 is 1.95 bits per heavy atom. The van der Waals surface area contributed by atoms with E-state index in [1.54, 1.807) is 12.1 Å². The summed E-state index contributed by atoms with van der Waals surface area (Å²) in [5.74, 6) is -0.596. The van der Waals surface area contributed by atoms with Crippen LogP contribution in [0.5, 0.6) is 0 Å². The van der Waals surface area contributed by atoms with Crippen LogP contribution >= 0.6 is 0 Å². The van der Waals surface area contributed by atoms with E-state index in [9.17, 15) is 9.18 Å². The Morgan fingerprint density at radius 3 is 2.63 bits per heavy atom. The van der Waals surface area contributed by atoms with Crippen LogP contribution < -0.4 is 0 Å². The van der Waals surface area contributed by atoms with Crippen molar-refractivity contribution in [1.82, 2.24) is 0 Å². The van der Waals surface area contributed by atoms with Crippen LogP contribution in [-0.4, -0.2) is 12.6 Å². The van der Waals surface area contributed by atoms with Crippen LogP contribution in [0.2, 0.25) is 0 Å². The van der Waals surface area contributed by atoms with Crippen molar-refractivity contribution in [3.8, 4) is 0 Å². The summed E-state index contributed by atoms with van der Waals surface area (Å²) in [6.45, 7) is 2.26. The summed E-state index contributed by atoms with van der Waals surface area (Å²) < 4.78 is 18.8. The molecule has 0 atom stereocenters. The number of ether oxygens (including phenoxy) is 1. The summed E-state index contributed by atoms with van der Waals surface area (Å²) >= 11 is 0. The van der Waals surface area contributed by atoms with Crippen molar-refractivity contribution in [3.63, 3.8) is 0 Å². The molecule has 1 aromatic carbocycles. The molecule has 1 saturated carbocycles. The summed E-state index contributed by atoms with van der Waals surface area (Å²) in [6, 6.07) is 4.51. The van der Waals surface area contributed by atoms with Crippen LogP contribution in [0.4, 0.5) is 4.39 Å². The van der Waals surface area contributed by atoms with Gasteiger partial charge in [0.05, 0.1) is 12.2 Å². The van der Waals surface area contributed by atoms with Gasteiger partial charge in [0.2, 0.25) is 0 Å². The van der Waals surface area contributed by atoms with Crippen LogP contribution in [0, 0.1) is 18.7 Å². The molecule has 0 aliphatic heterocycles. The maximum atomic E-state index is 13.5. The molecule has 0 spiro atoms. The molecule has 1 fully saturated rings. The largest absolute Gasteiger partial charge is 0.462 e. The van der Waals surface area contributed by atoms with Gasteiger partial charge in [-0.25, -0.2) is 9.18 Å². The molecule has 0 unspecified atom stereocenters. The van der Waals surface area contributed by atoms with E-state index in [0.29, 0.717) is 12.5 Å². The fourth-order valence-corrected chi connectivity index (χ4v) is 2.60. The number of esters is 1. The van der Waals surface area contributed by atoms with Gasteiger partial charge in [-0.2, -0.15) is 0 Å². The fraction of sp³-hybridized carbons (Fsp3) is 0.562. The third kappa shape index (κ3) is 4.05. The van der Waals surface area contributed by atoms with Crippen LogP contribution in [0.15, 0.2) is 18.2 Å². The van der Waals surface area contributed by atoms with E-state index in [-0.39, 0.29) is 5.56 Å². The smallest absolute Gasteiger partial charge is 0.341 e. The number of carbonyl (C=O) groups is 1. The third-order valence-electron chi connectivity index (χ3n) is 3.77. The van der Waals surface area contributed by atoms with E-state index in [0.717, 1.165) is 18.4 Å². The van der Waals surface area contributed by atoms with Gasteiger partial charge >= 0.3 is 5.97 Å². The number of carbonyl (C=O) groups excluding carboxylic acids is 1. The predicted octanol–water partition coefficient (Wildman–Crippen LogP) is 4.26. The van der Waals surface area contributed by atoms with Gasteiger partial charge in [0, 0.05) is 0 Å². The Hall–Kier alpha value is -1.38.